The fourth-order valence-corrected chi connectivity index (χ4v) is 7.22. The summed E-state index contributed by atoms with van der Waals surface area (Å²) >= 11 is 1.57. The van der Waals surface area contributed by atoms with Crippen molar-refractivity contribution in [1.29, 1.82) is 0 Å². The second-order valence-electron chi connectivity index (χ2n) is 8.37. The van der Waals surface area contributed by atoms with Gasteiger partial charge in [0.1, 0.15) is 11.9 Å². The second-order valence-corrected chi connectivity index (χ2v) is 11.3. The lowest BCUT2D eigenvalue weighted by Gasteiger charge is -2.36. The van der Waals surface area contributed by atoms with Gasteiger partial charge in [-0.15, -0.1) is 11.8 Å². The standard InChI is InChI=1S/C21H28FN3O4S2/c22-17-6-8-18(9-7-17)31(28,29)24-12-4-5-16(13-24)20(26)25-15-30-14-19(25)21(27)23-10-2-1-3-11-23/h6-9,16,19H,1-5,10-15H2/t16-,19-/m1/s1. The highest BCUT2D eigenvalue weighted by molar-refractivity contribution is 7.99. The molecule has 0 radical (unpaired) electrons. The molecule has 3 aliphatic rings. The number of rotatable bonds is 4. The van der Waals surface area contributed by atoms with Crippen LogP contribution >= 0.6 is 11.8 Å². The monoisotopic (exact) mass is 469 g/mol. The molecule has 3 fully saturated rings. The van der Waals surface area contributed by atoms with Gasteiger partial charge in [-0.3, -0.25) is 9.59 Å². The molecule has 0 bridgehead atoms. The predicted molar refractivity (Wildman–Crippen MR) is 116 cm³/mol. The zero-order valence-electron chi connectivity index (χ0n) is 17.4. The largest absolute Gasteiger partial charge is 0.341 e. The van der Waals surface area contributed by atoms with Crippen LogP contribution in [0.25, 0.3) is 0 Å². The van der Waals surface area contributed by atoms with E-state index in [4.69, 9.17) is 0 Å². The number of hydrogen-bond donors (Lipinski definition) is 0. The van der Waals surface area contributed by atoms with Crippen LogP contribution in [0.3, 0.4) is 0 Å². The van der Waals surface area contributed by atoms with Crippen LogP contribution in [0.1, 0.15) is 32.1 Å². The number of sulfonamides is 1. The fraction of sp³-hybridized carbons (Fsp3) is 0.619. The Morgan fingerprint density at radius 3 is 2.39 bits per heavy atom. The van der Waals surface area contributed by atoms with Crippen molar-refractivity contribution in [2.45, 2.75) is 43.0 Å². The van der Waals surface area contributed by atoms with E-state index in [0.29, 0.717) is 31.0 Å². The Morgan fingerprint density at radius 1 is 0.968 bits per heavy atom. The molecule has 31 heavy (non-hydrogen) atoms. The van der Waals surface area contributed by atoms with Gasteiger partial charge in [0.05, 0.1) is 16.7 Å². The molecule has 170 valence electrons. The van der Waals surface area contributed by atoms with Gasteiger partial charge in [0.25, 0.3) is 0 Å². The summed E-state index contributed by atoms with van der Waals surface area (Å²) in [7, 11) is -3.80. The van der Waals surface area contributed by atoms with E-state index in [2.05, 4.69) is 0 Å². The number of thioether (sulfide) groups is 1. The summed E-state index contributed by atoms with van der Waals surface area (Å²) in [5.41, 5.74) is 0. The first-order chi connectivity index (χ1) is 14.9. The van der Waals surface area contributed by atoms with E-state index >= 15 is 0 Å². The molecule has 0 saturated carbocycles. The van der Waals surface area contributed by atoms with Gasteiger partial charge < -0.3 is 9.80 Å². The molecule has 3 aliphatic heterocycles. The first-order valence-electron chi connectivity index (χ1n) is 10.8. The van der Waals surface area contributed by atoms with Gasteiger partial charge >= 0.3 is 0 Å². The molecule has 0 aliphatic carbocycles. The van der Waals surface area contributed by atoms with Gasteiger partial charge in [-0.2, -0.15) is 4.31 Å². The minimum Gasteiger partial charge on any atom is -0.341 e. The second kappa shape index (κ2) is 9.46. The summed E-state index contributed by atoms with van der Waals surface area (Å²) in [6, 6.07) is 4.29. The van der Waals surface area contributed by atoms with Gasteiger partial charge in [-0.05, 0) is 56.4 Å². The van der Waals surface area contributed by atoms with E-state index in [-0.39, 0.29) is 23.3 Å². The Hall–Kier alpha value is -1.65. The number of amides is 2. The minimum atomic E-state index is -3.80. The Balaban J connectivity index is 1.45. The molecule has 3 heterocycles. The first-order valence-corrected chi connectivity index (χ1v) is 13.4. The molecule has 2 atom stereocenters. The molecule has 1 aromatic rings. The van der Waals surface area contributed by atoms with E-state index in [1.807, 2.05) is 4.90 Å². The van der Waals surface area contributed by atoms with Crippen LogP contribution in [0, 0.1) is 11.7 Å². The van der Waals surface area contributed by atoms with E-state index in [1.54, 1.807) is 16.7 Å². The zero-order chi connectivity index (χ0) is 22.0. The van der Waals surface area contributed by atoms with Gasteiger partial charge in [0.15, 0.2) is 0 Å². The topological polar surface area (TPSA) is 78.0 Å². The molecule has 7 nitrogen and oxygen atoms in total. The third-order valence-electron chi connectivity index (χ3n) is 6.30. The number of likely N-dealkylation sites (tertiary alicyclic amines) is 1. The summed E-state index contributed by atoms with van der Waals surface area (Å²) in [5.74, 6) is -0.0414. The maximum Gasteiger partial charge on any atom is 0.246 e. The lowest BCUT2D eigenvalue weighted by Crippen LogP contribution is -2.53. The summed E-state index contributed by atoms with van der Waals surface area (Å²) in [4.78, 5) is 29.9. The lowest BCUT2D eigenvalue weighted by molar-refractivity contribution is -0.146. The van der Waals surface area contributed by atoms with Gasteiger partial charge in [-0.1, -0.05) is 0 Å². The number of halogens is 1. The highest BCUT2D eigenvalue weighted by Crippen LogP contribution is 2.30. The van der Waals surface area contributed by atoms with Crippen LogP contribution in [0.15, 0.2) is 29.2 Å². The number of carbonyl (C=O) groups excluding carboxylic acids is 2. The molecule has 10 heteroatoms. The van der Waals surface area contributed by atoms with E-state index in [1.165, 1.54) is 16.4 Å². The van der Waals surface area contributed by atoms with Crippen LogP contribution in [-0.2, 0) is 19.6 Å². The summed E-state index contributed by atoms with van der Waals surface area (Å²) in [6.07, 6.45) is 4.30. The fourth-order valence-electron chi connectivity index (χ4n) is 4.54. The highest BCUT2D eigenvalue weighted by Gasteiger charge is 2.42. The van der Waals surface area contributed by atoms with Crippen molar-refractivity contribution in [3.8, 4) is 0 Å². The summed E-state index contributed by atoms with van der Waals surface area (Å²) < 4.78 is 40.5. The van der Waals surface area contributed by atoms with Crippen LogP contribution in [0.2, 0.25) is 0 Å². The molecule has 1 aromatic carbocycles. The molecular weight excluding hydrogens is 441 g/mol. The van der Waals surface area contributed by atoms with Crippen molar-refractivity contribution in [2.75, 3.05) is 37.8 Å². The van der Waals surface area contributed by atoms with Crippen molar-refractivity contribution >= 4 is 33.6 Å². The Kier molecular flexibility index (Phi) is 6.88. The lowest BCUT2D eigenvalue weighted by atomic mass is 9.97. The van der Waals surface area contributed by atoms with Crippen LogP contribution < -0.4 is 0 Å². The molecule has 4 rings (SSSR count). The molecule has 0 spiro atoms. The van der Waals surface area contributed by atoms with Crippen molar-refractivity contribution in [3.63, 3.8) is 0 Å². The molecule has 2 amide bonds. The van der Waals surface area contributed by atoms with Crippen LogP contribution in [0.4, 0.5) is 4.39 Å². The quantitative estimate of drug-likeness (QED) is 0.675. The molecule has 0 N–H and O–H groups in total. The Bertz CT molecular complexity index is 919. The van der Waals surface area contributed by atoms with E-state index in [9.17, 15) is 22.4 Å². The smallest absolute Gasteiger partial charge is 0.246 e. The van der Waals surface area contributed by atoms with Gasteiger partial charge in [0.2, 0.25) is 21.8 Å². The Labute approximate surface area is 187 Å². The third-order valence-corrected chi connectivity index (χ3v) is 9.19. The van der Waals surface area contributed by atoms with Crippen LogP contribution in [-0.4, -0.2) is 78.2 Å². The number of hydrogen-bond acceptors (Lipinski definition) is 5. The van der Waals surface area contributed by atoms with E-state index < -0.39 is 27.8 Å². The van der Waals surface area contributed by atoms with Crippen molar-refractivity contribution < 1.29 is 22.4 Å². The average Bonchev–Trinajstić information content (AvgIpc) is 3.29. The minimum absolute atomic E-state index is 0.0182. The number of nitrogens with zero attached hydrogens (tertiary/aromatic N) is 3. The van der Waals surface area contributed by atoms with E-state index in [0.717, 1.165) is 44.5 Å². The molecule has 3 saturated heterocycles. The summed E-state index contributed by atoms with van der Waals surface area (Å²) in [5, 5.41) is 0. The number of carbonyl (C=O) groups is 2. The maximum absolute atomic E-state index is 13.3. The number of benzene rings is 1. The first kappa shape index (κ1) is 22.5. The highest BCUT2D eigenvalue weighted by atomic mass is 32.2. The third kappa shape index (κ3) is 4.75. The van der Waals surface area contributed by atoms with Crippen molar-refractivity contribution in [1.82, 2.24) is 14.1 Å². The predicted octanol–water partition coefficient (Wildman–Crippen LogP) is 2.14. The van der Waals surface area contributed by atoms with Crippen LogP contribution in [0.5, 0.6) is 0 Å². The van der Waals surface area contributed by atoms with Crippen molar-refractivity contribution in [2.24, 2.45) is 5.92 Å². The summed E-state index contributed by atoms with van der Waals surface area (Å²) in [6.45, 7) is 1.91. The SMILES string of the molecule is O=C([C@H]1CSCN1C(=O)[C@@H]1CCCN(S(=O)(=O)c2ccc(F)cc2)C1)N1CCCCC1. The number of piperidine rings is 2. The zero-order valence-corrected chi connectivity index (χ0v) is 19.0. The van der Waals surface area contributed by atoms with Gasteiger partial charge in [-0.25, -0.2) is 12.8 Å². The molecule has 0 aromatic heterocycles. The molecular formula is C21H28FN3O4S2. The average molecular weight is 470 g/mol. The molecule has 0 unspecified atom stereocenters. The van der Waals surface area contributed by atoms with Gasteiger partial charge in [0, 0.05) is 31.9 Å². The van der Waals surface area contributed by atoms with Crippen molar-refractivity contribution in [3.05, 3.63) is 30.1 Å². The Morgan fingerprint density at radius 2 is 1.68 bits per heavy atom. The maximum atomic E-state index is 13.3. The normalized spacial score (nSPS) is 25.6.